The SMILES string of the molecule is COc1cccc(N2CC(NC(=O)Nc3ccc(Br)c(C)c3)CC2=O)c1. The first kappa shape index (κ1) is 18.3. The van der Waals surface area contributed by atoms with Crippen LogP contribution in [0.4, 0.5) is 16.2 Å². The number of carbonyl (C=O) groups excluding carboxylic acids is 2. The average Bonchev–Trinajstić information content (AvgIpc) is 2.98. The minimum Gasteiger partial charge on any atom is -0.497 e. The number of anilines is 2. The summed E-state index contributed by atoms with van der Waals surface area (Å²) < 4.78 is 6.19. The molecule has 1 saturated heterocycles. The van der Waals surface area contributed by atoms with Crippen molar-refractivity contribution in [2.24, 2.45) is 0 Å². The zero-order chi connectivity index (χ0) is 18.7. The number of carbonyl (C=O) groups is 2. The van der Waals surface area contributed by atoms with Crippen LogP contribution in [-0.4, -0.2) is 31.6 Å². The van der Waals surface area contributed by atoms with Gasteiger partial charge in [-0.05, 0) is 42.8 Å². The maximum atomic E-state index is 12.3. The van der Waals surface area contributed by atoms with E-state index in [0.29, 0.717) is 18.0 Å². The van der Waals surface area contributed by atoms with Gasteiger partial charge in [-0.15, -0.1) is 0 Å². The van der Waals surface area contributed by atoms with E-state index in [9.17, 15) is 9.59 Å². The van der Waals surface area contributed by atoms with Crippen LogP contribution >= 0.6 is 15.9 Å². The number of nitrogens with zero attached hydrogens (tertiary/aromatic N) is 1. The number of halogens is 1. The van der Waals surface area contributed by atoms with Crippen LogP contribution in [0.25, 0.3) is 0 Å². The molecule has 2 aromatic carbocycles. The van der Waals surface area contributed by atoms with Gasteiger partial charge in [0.05, 0.1) is 13.2 Å². The molecule has 1 fully saturated rings. The van der Waals surface area contributed by atoms with Gasteiger partial charge >= 0.3 is 6.03 Å². The molecule has 2 N–H and O–H groups in total. The van der Waals surface area contributed by atoms with Crippen LogP contribution < -0.4 is 20.3 Å². The van der Waals surface area contributed by atoms with E-state index in [2.05, 4.69) is 26.6 Å². The predicted octanol–water partition coefficient (Wildman–Crippen LogP) is 3.69. The Morgan fingerprint density at radius 1 is 1.27 bits per heavy atom. The predicted molar refractivity (Wildman–Crippen MR) is 105 cm³/mol. The Balaban J connectivity index is 1.61. The van der Waals surface area contributed by atoms with Crippen molar-refractivity contribution in [2.75, 3.05) is 23.9 Å². The van der Waals surface area contributed by atoms with Crippen molar-refractivity contribution < 1.29 is 14.3 Å². The monoisotopic (exact) mass is 417 g/mol. The molecule has 1 aliphatic heterocycles. The number of nitrogens with one attached hydrogen (secondary N) is 2. The van der Waals surface area contributed by atoms with Crippen molar-refractivity contribution in [3.8, 4) is 5.75 Å². The third-order valence-electron chi connectivity index (χ3n) is 4.24. The van der Waals surface area contributed by atoms with E-state index in [1.807, 2.05) is 49.4 Å². The fraction of sp³-hybridized carbons (Fsp3) is 0.263. The zero-order valence-corrected chi connectivity index (χ0v) is 16.2. The van der Waals surface area contributed by atoms with Crippen molar-refractivity contribution in [1.29, 1.82) is 0 Å². The van der Waals surface area contributed by atoms with Crippen LogP contribution in [0.15, 0.2) is 46.9 Å². The van der Waals surface area contributed by atoms with Crippen molar-refractivity contribution in [2.45, 2.75) is 19.4 Å². The average molecular weight is 418 g/mol. The lowest BCUT2D eigenvalue weighted by Gasteiger charge is -2.18. The first-order valence-corrected chi connectivity index (χ1v) is 9.03. The molecule has 1 atom stereocenters. The van der Waals surface area contributed by atoms with E-state index in [4.69, 9.17) is 4.74 Å². The lowest BCUT2D eigenvalue weighted by molar-refractivity contribution is -0.117. The molecule has 6 nitrogen and oxygen atoms in total. The Labute approximate surface area is 160 Å². The Morgan fingerprint density at radius 3 is 2.81 bits per heavy atom. The molecule has 0 aromatic heterocycles. The van der Waals surface area contributed by atoms with Gasteiger partial charge in [0.25, 0.3) is 0 Å². The van der Waals surface area contributed by atoms with Crippen LogP contribution in [0.3, 0.4) is 0 Å². The van der Waals surface area contributed by atoms with Gasteiger partial charge in [-0.2, -0.15) is 0 Å². The molecule has 7 heteroatoms. The van der Waals surface area contributed by atoms with Gasteiger partial charge in [-0.1, -0.05) is 22.0 Å². The van der Waals surface area contributed by atoms with E-state index in [1.165, 1.54) is 0 Å². The molecule has 1 heterocycles. The van der Waals surface area contributed by atoms with Crippen LogP contribution in [0.1, 0.15) is 12.0 Å². The zero-order valence-electron chi connectivity index (χ0n) is 14.6. The van der Waals surface area contributed by atoms with Crippen LogP contribution in [0.5, 0.6) is 5.75 Å². The second kappa shape index (κ2) is 7.78. The summed E-state index contributed by atoms with van der Waals surface area (Å²) in [5, 5.41) is 5.67. The molecule has 0 spiro atoms. The first-order valence-electron chi connectivity index (χ1n) is 8.24. The highest BCUT2D eigenvalue weighted by molar-refractivity contribution is 9.10. The van der Waals surface area contributed by atoms with E-state index in [-0.39, 0.29) is 24.4 Å². The highest BCUT2D eigenvalue weighted by Crippen LogP contribution is 2.25. The van der Waals surface area contributed by atoms with Crippen molar-refractivity contribution in [1.82, 2.24) is 5.32 Å². The van der Waals surface area contributed by atoms with Crippen LogP contribution in [-0.2, 0) is 4.79 Å². The highest BCUT2D eigenvalue weighted by Gasteiger charge is 2.31. The number of amides is 3. The number of urea groups is 1. The smallest absolute Gasteiger partial charge is 0.319 e. The van der Waals surface area contributed by atoms with Crippen molar-refractivity contribution in [3.05, 3.63) is 52.5 Å². The normalized spacial score (nSPS) is 16.5. The molecule has 0 radical (unpaired) electrons. The van der Waals surface area contributed by atoms with Gasteiger partial charge in [-0.25, -0.2) is 4.79 Å². The molecule has 1 aliphatic rings. The highest BCUT2D eigenvalue weighted by atomic mass is 79.9. The fourth-order valence-electron chi connectivity index (χ4n) is 2.91. The number of ether oxygens (including phenoxy) is 1. The topological polar surface area (TPSA) is 70.7 Å². The lowest BCUT2D eigenvalue weighted by atomic mass is 10.2. The van der Waals surface area contributed by atoms with E-state index < -0.39 is 0 Å². The molecular formula is C19H20BrN3O3. The van der Waals surface area contributed by atoms with Gasteiger partial charge < -0.3 is 20.3 Å². The Bertz CT molecular complexity index is 841. The molecular weight excluding hydrogens is 398 g/mol. The van der Waals surface area contributed by atoms with Crippen molar-refractivity contribution >= 4 is 39.2 Å². The fourth-order valence-corrected chi connectivity index (χ4v) is 3.15. The minimum atomic E-state index is -0.322. The summed E-state index contributed by atoms with van der Waals surface area (Å²) in [5.41, 5.74) is 2.50. The molecule has 2 aromatic rings. The Hall–Kier alpha value is -2.54. The quantitative estimate of drug-likeness (QED) is 0.796. The Kier molecular flexibility index (Phi) is 5.46. The van der Waals surface area contributed by atoms with E-state index in [1.54, 1.807) is 12.0 Å². The largest absolute Gasteiger partial charge is 0.497 e. The second-order valence-electron chi connectivity index (χ2n) is 6.17. The maximum absolute atomic E-state index is 12.3. The molecule has 0 saturated carbocycles. The molecule has 26 heavy (non-hydrogen) atoms. The van der Waals surface area contributed by atoms with E-state index in [0.717, 1.165) is 15.7 Å². The number of methoxy groups -OCH3 is 1. The number of hydrogen-bond acceptors (Lipinski definition) is 3. The van der Waals surface area contributed by atoms with Gasteiger partial charge in [0, 0.05) is 34.9 Å². The van der Waals surface area contributed by atoms with Crippen LogP contribution in [0.2, 0.25) is 0 Å². The summed E-state index contributed by atoms with van der Waals surface area (Å²) in [5.74, 6) is 0.665. The maximum Gasteiger partial charge on any atom is 0.319 e. The summed E-state index contributed by atoms with van der Waals surface area (Å²) in [6.45, 7) is 2.38. The third kappa shape index (κ3) is 4.16. The lowest BCUT2D eigenvalue weighted by Crippen LogP contribution is -2.39. The number of aryl methyl sites for hydroxylation is 1. The number of benzene rings is 2. The molecule has 0 aliphatic carbocycles. The first-order chi connectivity index (χ1) is 12.5. The molecule has 0 bridgehead atoms. The summed E-state index contributed by atoms with van der Waals surface area (Å²) in [6, 6.07) is 12.3. The third-order valence-corrected chi connectivity index (χ3v) is 5.13. The molecule has 3 rings (SSSR count). The number of rotatable bonds is 4. The van der Waals surface area contributed by atoms with Crippen LogP contribution in [0, 0.1) is 6.92 Å². The minimum absolute atomic E-state index is 0.0250. The molecule has 136 valence electrons. The van der Waals surface area contributed by atoms with Gasteiger partial charge in [-0.3, -0.25) is 4.79 Å². The van der Waals surface area contributed by atoms with Gasteiger partial charge in [0.1, 0.15) is 5.75 Å². The summed E-state index contributed by atoms with van der Waals surface area (Å²) in [4.78, 5) is 26.2. The summed E-state index contributed by atoms with van der Waals surface area (Å²) >= 11 is 3.43. The standard InChI is InChI=1S/C19H20BrN3O3/c1-12-8-13(6-7-17(12)20)21-19(25)22-14-9-18(24)23(11-14)15-4-3-5-16(10-15)26-2/h3-8,10,14H,9,11H2,1-2H3,(H2,21,22,25). The van der Waals surface area contributed by atoms with E-state index >= 15 is 0 Å². The molecule has 3 amide bonds. The molecule has 1 unspecified atom stereocenters. The Morgan fingerprint density at radius 2 is 2.08 bits per heavy atom. The summed E-state index contributed by atoms with van der Waals surface area (Å²) in [6.07, 6.45) is 0.268. The second-order valence-corrected chi connectivity index (χ2v) is 7.02. The summed E-state index contributed by atoms with van der Waals surface area (Å²) in [7, 11) is 1.59. The van der Waals surface area contributed by atoms with Gasteiger partial charge in [0.15, 0.2) is 0 Å². The van der Waals surface area contributed by atoms with Gasteiger partial charge in [0.2, 0.25) is 5.91 Å². The van der Waals surface area contributed by atoms with Crippen molar-refractivity contribution in [3.63, 3.8) is 0 Å². The number of hydrogen-bond donors (Lipinski definition) is 2.